The molecule has 0 unspecified atom stereocenters. The van der Waals surface area contributed by atoms with E-state index in [1.807, 2.05) is 19.9 Å². The maximum atomic E-state index is 11.7. The Morgan fingerprint density at radius 2 is 2.21 bits per heavy atom. The molecule has 0 atom stereocenters. The Bertz CT molecular complexity index is 326. The quantitative estimate of drug-likeness (QED) is 0.688. The second kappa shape index (κ2) is 3.60. The third kappa shape index (κ3) is 1.74. The van der Waals surface area contributed by atoms with E-state index in [1.54, 1.807) is 0 Å². The molecule has 1 aromatic rings. The van der Waals surface area contributed by atoms with Gasteiger partial charge in [-0.15, -0.1) is 0 Å². The van der Waals surface area contributed by atoms with Crippen LogP contribution < -0.4 is 0 Å². The largest absolute Gasteiger partial charge is 0.458 e. The molecule has 1 aliphatic rings. The van der Waals surface area contributed by atoms with Gasteiger partial charge in [-0.25, -0.2) is 0 Å². The van der Waals surface area contributed by atoms with E-state index < -0.39 is 0 Å². The third-order valence-corrected chi connectivity index (χ3v) is 3.14. The molecular weight excluding hydrogens is 176 g/mol. The number of hydrogen-bond acceptors (Lipinski definition) is 2. The van der Waals surface area contributed by atoms with Crippen molar-refractivity contribution in [2.45, 2.75) is 39.5 Å². The Morgan fingerprint density at radius 1 is 1.50 bits per heavy atom. The molecule has 14 heavy (non-hydrogen) atoms. The monoisotopic (exact) mass is 192 g/mol. The normalized spacial score (nSPS) is 16.7. The van der Waals surface area contributed by atoms with Crippen molar-refractivity contribution in [2.75, 3.05) is 0 Å². The van der Waals surface area contributed by atoms with Crippen molar-refractivity contribution in [1.29, 1.82) is 0 Å². The number of carbonyl (C=O) groups excluding carboxylic acids is 1. The van der Waals surface area contributed by atoms with Gasteiger partial charge in [0.2, 0.25) is 0 Å². The maximum absolute atomic E-state index is 11.7. The van der Waals surface area contributed by atoms with Gasteiger partial charge >= 0.3 is 0 Å². The highest BCUT2D eigenvalue weighted by atomic mass is 16.3. The van der Waals surface area contributed by atoms with Crippen molar-refractivity contribution in [3.05, 3.63) is 23.2 Å². The summed E-state index contributed by atoms with van der Waals surface area (Å²) in [6, 6.07) is 1.86. The molecule has 1 heterocycles. The van der Waals surface area contributed by atoms with Crippen LogP contribution in [-0.4, -0.2) is 5.78 Å². The Kier molecular flexibility index (Phi) is 2.44. The summed E-state index contributed by atoms with van der Waals surface area (Å²) in [6.45, 7) is 3.87. The van der Waals surface area contributed by atoms with Gasteiger partial charge in [0.25, 0.3) is 0 Å². The number of rotatable bonds is 3. The predicted molar refractivity (Wildman–Crippen MR) is 54.5 cm³/mol. The van der Waals surface area contributed by atoms with Crippen molar-refractivity contribution in [3.8, 4) is 0 Å². The van der Waals surface area contributed by atoms with Gasteiger partial charge in [-0.1, -0.05) is 6.42 Å². The maximum Gasteiger partial charge on any atom is 0.198 e. The summed E-state index contributed by atoms with van der Waals surface area (Å²) in [5.41, 5.74) is 1.07. The average Bonchev–Trinajstić information content (AvgIpc) is 2.40. The van der Waals surface area contributed by atoms with Gasteiger partial charge in [0, 0.05) is 6.42 Å². The first-order valence-electron chi connectivity index (χ1n) is 5.27. The molecule has 0 saturated heterocycles. The summed E-state index contributed by atoms with van der Waals surface area (Å²) in [5, 5.41) is 0. The van der Waals surface area contributed by atoms with Crippen LogP contribution in [0.15, 0.2) is 10.5 Å². The molecule has 0 spiro atoms. The van der Waals surface area contributed by atoms with Crippen molar-refractivity contribution in [3.63, 3.8) is 0 Å². The third-order valence-electron chi connectivity index (χ3n) is 3.14. The summed E-state index contributed by atoms with van der Waals surface area (Å²) in [4.78, 5) is 11.7. The minimum Gasteiger partial charge on any atom is -0.458 e. The van der Waals surface area contributed by atoms with Gasteiger partial charge in [0.15, 0.2) is 11.5 Å². The number of furan rings is 1. The fraction of sp³-hybridized carbons (Fsp3) is 0.583. The lowest BCUT2D eigenvalue weighted by Gasteiger charge is -2.23. The molecule has 1 aliphatic carbocycles. The number of aryl methyl sites for hydroxylation is 2. The van der Waals surface area contributed by atoms with Gasteiger partial charge in [0.1, 0.15) is 5.76 Å². The highest BCUT2D eigenvalue weighted by Gasteiger charge is 2.23. The van der Waals surface area contributed by atoms with Crippen molar-refractivity contribution in [2.24, 2.45) is 5.92 Å². The Hall–Kier alpha value is -1.05. The molecule has 1 fully saturated rings. The topological polar surface area (TPSA) is 30.2 Å². The van der Waals surface area contributed by atoms with E-state index in [1.165, 1.54) is 19.3 Å². The zero-order valence-electron chi connectivity index (χ0n) is 8.80. The predicted octanol–water partition coefficient (Wildman–Crippen LogP) is 3.27. The fourth-order valence-electron chi connectivity index (χ4n) is 1.77. The van der Waals surface area contributed by atoms with E-state index in [0.717, 1.165) is 11.3 Å². The Balaban J connectivity index is 2.02. The smallest absolute Gasteiger partial charge is 0.198 e. The van der Waals surface area contributed by atoms with Gasteiger partial charge in [-0.3, -0.25) is 4.79 Å². The molecule has 0 aliphatic heterocycles. The minimum atomic E-state index is 0.172. The first-order valence-corrected chi connectivity index (χ1v) is 5.27. The van der Waals surface area contributed by atoms with E-state index in [-0.39, 0.29) is 5.78 Å². The lowest BCUT2D eigenvalue weighted by atomic mass is 9.81. The van der Waals surface area contributed by atoms with E-state index in [9.17, 15) is 4.79 Å². The number of ketones is 1. The van der Waals surface area contributed by atoms with Gasteiger partial charge in [-0.05, 0) is 44.2 Å². The summed E-state index contributed by atoms with van der Waals surface area (Å²) >= 11 is 0. The van der Waals surface area contributed by atoms with Crippen LogP contribution in [0.25, 0.3) is 0 Å². The number of carbonyl (C=O) groups is 1. The first-order chi connectivity index (χ1) is 6.66. The molecular formula is C12H16O2. The van der Waals surface area contributed by atoms with Crippen LogP contribution in [0, 0.1) is 19.8 Å². The molecule has 2 nitrogen and oxygen atoms in total. The molecule has 2 heteroatoms. The minimum absolute atomic E-state index is 0.172. The second-order valence-corrected chi connectivity index (χ2v) is 4.27. The van der Waals surface area contributed by atoms with E-state index in [4.69, 9.17) is 4.42 Å². The van der Waals surface area contributed by atoms with E-state index >= 15 is 0 Å². The van der Waals surface area contributed by atoms with Crippen LogP contribution in [0.3, 0.4) is 0 Å². The molecule has 76 valence electrons. The SMILES string of the molecule is Cc1cc(C(=O)CC2CCC2)oc1C. The summed E-state index contributed by atoms with van der Waals surface area (Å²) in [6.07, 6.45) is 4.38. The fourth-order valence-corrected chi connectivity index (χ4v) is 1.77. The summed E-state index contributed by atoms with van der Waals surface area (Å²) in [5.74, 6) is 2.20. The number of Topliss-reactive ketones (excluding diaryl/α,β-unsaturated/α-hetero) is 1. The van der Waals surface area contributed by atoms with Crippen LogP contribution in [0.1, 0.15) is 47.6 Å². The molecule has 2 rings (SSSR count). The lowest BCUT2D eigenvalue weighted by molar-refractivity contribution is 0.0907. The van der Waals surface area contributed by atoms with Crippen LogP contribution >= 0.6 is 0 Å². The Morgan fingerprint density at radius 3 is 2.64 bits per heavy atom. The van der Waals surface area contributed by atoms with Crippen LogP contribution in [-0.2, 0) is 0 Å². The molecule has 1 aromatic heterocycles. The Labute approximate surface area is 84.3 Å². The molecule has 0 bridgehead atoms. The highest BCUT2D eigenvalue weighted by Crippen LogP contribution is 2.30. The zero-order valence-corrected chi connectivity index (χ0v) is 8.80. The van der Waals surface area contributed by atoms with E-state index in [0.29, 0.717) is 18.1 Å². The van der Waals surface area contributed by atoms with Gasteiger partial charge in [-0.2, -0.15) is 0 Å². The van der Waals surface area contributed by atoms with Crippen LogP contribution in [0.5, 0.6) is 0 Å². The molecule has 1 saturated carbocycles. The molecule has 0 amide bonds. The molecule has 0 N–H and O–H groups in total. The van der Waals surface area contributed by atoms with Crippen LogP contribution in [0.2, 0.25) is 0 Å². The van der Waals surface area contributed by atoms with Crippen molar-refractivity contribution >= 4 is 5.78 Å². The lowest BCUT2D eigenvalue weighted by Crippen LogP contribution is -2.15. The van der Waals surface area contributed by atoms with Gasteiger partial charge < -0.3 is 4.42 Å². The van der Waals surface area contributed by atoms with Crippen LogP contribution in [0.4, 0.5) is 0 Å². The average molecular weight is 192 g/mol. The van der Waals surface area contributed by atoms with Crippen molar-refractivity contribution in [1.82, 2.24) is 0 Å². The molecule has 0 aromatic carbocycles. The summed E-state index contributed by atoms with van der Waals surface area (Å²) in [7, 11) is 0. The van der Waals surface area contributed by atoms with Crippen molar-refractivity contribution < 1.29 is 9.21 Å². The van der Waals surface area contributed by atoms with E-state index in [2.05, 4.69) is 0 Å². The number of hydrogen-bond donors (Lipinski definition) is 0. The standard InChI is InChI=1S/C12H16O2/c1-8-6-12(14-9(8)2)11(13)7-10-4-3-5-10/h6,10H,3-5,7H2,1-2H3. The summed E-state index contributed by atoms with van der Waals surface area (Å²) < 4.78 is 5.40. The molecule has 0 radical (unpaired) electrons. The van der Waals surface area contributed by atoms with Gasteiger partial charge in [0.05, 0.1) is 0 Å². The first kappa shape index (κ1) is 9.50. The second-order valence-electron chi connectivity index (χ2n) is 4.27. The zero-order chi connectivity index (χ0) is 10.1. The highest BCUT2D eigenvalue weighted by molar-refractivity contribution is 5.93.